The van der Waals surface area contributed by atoms with Crippen molar-refractivity contribution in [2.75, 3.05) is 6.61 Å². The van der Waals surface area contributed by atoms with Crippen molar-refractivity contribution in [1.82, 2.24) is 4.31 Å². The summed E-state index contributed by atoms with van der Waals surface area (Å²) in [4.78, 5) is 12.0. The number of carbonyl (C=O) groups excluding carboxylic acids is 1. The van der Waals surface area contributed by atoms with Crippen molar-refractivity contribution in [3.8, 4) is 0 Å². The van der Waals surface area contributed by atoms with Crippen LogP contribution in [0.1, 0.15) is 32.6 Å². The van der Waals surface area contributed by atoms with Crippen molar-refractivity contribution < 1.29 is 17.9 Å². The van der Waals surface area contributed by atoms with Crippen LogP contribution >= 0.6 is 0 Å². The Labute approximate surface area is 119 Å². The number of sulfonamides is 1. The summed E-state index contributed by atoms with van der Waals surface area (Å²) in [6.07, 6.45) is 1.78. The molecule has 0 saturated carbocycles. The van der Waals surface area contributed by atoms with Gasteiger partial charge in [-0.2, -0.15) is 0 Å². The van der Waals surface area contributed by atoms with E-state index in [9.17, 15) is 13.2 Å². The summed E-state index contributed by atoms with van der Waals surface area (Å²) in [6.45, 7) is 2.50. The molecule has 1 atom stereocenters. The molecule has 1 aliphatic rings. The van der Waals surface area contributed by atoms with Gasteiger partial charge in [0, 0.05) is 19.4 Å². The number of hydrogen-bond acceptors (Lipinski definition) is 4. The molecule has 1 aromatic carbocycles. The summed E-state index contributed by atoms with van der Waals surface area (Å²) in [5, 5.41) is 0. The molecule has 0 spiro atoms. The Kier molecular flexibility index (Phi) is 4.77. The second-order valence-electron chi connectivity index (χ2n) is 4.73. The van der Waals surface area contributed by atoms with Crippen LogP contribution in [0.3, 0.4) is 0 Å². The average Bonchev–Trinajstić information content (AvgIpc) is 2.82. The Hall–Kier alpha value is -1.40. The number of unbranched alkanes of at least 4 members (excludes halogenated alkanes) is 1. The van der Waals surface area contributed by atoms with E-state index in [4.69, 9.17) is 4.74 Å². The van der Waals surface area contributed by atoms with E-state index in [0.29, 0.717) is 13.0 Å². The lowest BCUT2D eigenvalue weighted by Crippen LogP contribution is -2.40. The third-order valence-electron chi connectivity index (χ3n) is 3.22. The molecule has 0 aliphatic carbocycles. The molecule has 1 saturated heterocycles. The van der Waals surface area contributed by atoms with Gasteiger partial charge >= 0.3 is 0 Å². The van der Waals surface area contributed by atoms with Crippen molar-refractivity contribution in [2.24, 2.45) is 0 Å². The predicted molar refractivity (Wildman–Crippen MR) is 74.4 cm³/mol. The van der Waals surface area contributed by atoms with Crippen LogP contribution in [0.4, 0.5) is 0 Å². The van der Waals surface area contributed by atoms with Gasteiger partial charge in [0.1, 0.15) is 6.23 Å². The molecule has 2 rings (SSSR count). The molecule has 1 unspecified atom stereocenters. The van der Waals surface area contributed by atoms with Crippen molar-refractivity contribution in [2.45, 2.75) is 43.7 Å². The first-order valence-electron chi connectivity index (χ1n) is 6.81. The van der Waals surface area contributed by atoms with Crippen LogP contribution in [0.25, 0.3) is 0 Å². The summed E-state index contributed by atoms with van der Waals surface area (Å²) in [7, 11) is -3.82. The van der Waals surface area contributed by atoms with E-state index in [0.717, 1.165) is 17.1 Å². The largest absolute Gasteiger partial charge is 0.357 e. The Morgan fingerprint density at radius 3 is 2.65 bits per heavy atom. The molecular weight excluding hydrogens is 278 g/mol. The minimum Gasteiger partial charge on any atom is -0.357 e. The highest BCUT2D eigenvalue weighted by molar-refractivity contribution is 7.89. The maximum atomic E-state index is 12.5. The van der Waals surface area contributed by atoms with E-state index in [1.54, 1.807) is 18.2 Å². The van der Waals surface area contributed by atoms with Gasteiger partial charge in [-0.25, -0.2) is 12.7 Å². The quantitative estimate of drug-likeness (QED) is 0.755. The van der Waals surface area contributed by atoms with E-state index >= 15 is 0 Å². The number of nitrogens with zero attached hydrogens (tertiary/aromatic N) is 1. The highest BCUT2D eigenvalue weighted by Gasteiger charge is 2.41. The number of ether oxygens (including phenoxy) is 1. The van der Waals surface area contributed by atoms with Crippen molar-refractivity contribution in [3.63, 3.8) is 0 Å². The molecule has 0 radical (unpaired) electrons. The van der Waals surface area contributed by atoms with Crippen LogP contribution in [0, 0.1) is 0 Å². The van der Waals surface area contributed by atoms with Crippen LogP contribution in [0.5, 0.6) is 0 Å². The van der Waals surface area contributed by atoms with Gasteiger partial charge in [-0.1, -0.05) is 31.5 Å². The van der Waals surface area contributed by atoms with Gasteiger partial charge in [-0.3, -0.25) is 4.79 Å². The van der Waals surface area contributed by atoms with Crippen molar-refractivity contribution in [3.05, 3.63) is 30.3 Å². The lowest BCUT2D eigenvalue weighted by atomic mass is 10.3. The van der Waals surface area contributed by atoms with E-state index in [-0.39, 0.29) is 11.3 Å². The molecule has 110 valence electrons. The number of hydrogen-bond donors (Lipinski definition) is 0. The molecule has 1 aliphatic heterocycles. The Morgan fingerprint density at radius 1 is 1.30 bits per heavy atom. The fourth-order valence-corrected chi connectivity index (χ4v) is 3.71. The minimum atomic E-state index is -3.82. The molecule has 1 heterocycles. The first-order chi connectivity index (χ1) is 9.57. The average molecular weight is 297 g/mol. The van der Waals surface area contributed by atoms with Gasteiger partial charge in [0.25, 0.3) is 10.0 Å². The van der Waals surface area contributed by atoms with Gasteiger partial charge in [0.2, 0.25) is 5.91 Å². The topological polar surface area (TPSA) is 63.7 Å². The first kappa shape index (κ1) is 15.0. The van der Waals surface area contributed by atoms with Gasteiger partial charge in [-0.15, -0.1) is 0 Å². The van der Waals surface area contributed by atoms with E-state index in [1.807, 2.05) is 6.92 Å². The lowest BCUT2D eigenvalue weighted by molar-refractivity contribution is -0.128. The third kappa shape index (κ3) is 3.02. The van der Waals surface area contributed by atoms with Crippen LogP contribution in [-0.4, -0.2) is 31.5 Å². The normalized spacial score (nSPS) is 19.6. The highest BCUT2D eigenvalue weighted by atomic mass is 32.2. The summed E-state index contributed by atoms with van der Waals surface area (Å²) in [6, 6.07) is 7.99. The number of rotatable bonds is 6. The summed E-state index contributed by atoms with van der Waals surface area (Å²) in [5.74, 6) is -0.393. The van der Waals surface area contributed by atoms with Crippen LogP contribution in [0.2, 0.25) is 0 Å². The number of carbonyl (C=O) groups is 1. The SMILES string of the molecule is CCCCOC1CCC(=O)N1S(=O)(=O)c1ccccc1. The monoisotopic (exact) mass is 297 g/mol. The maximum absolute atomic E-state index is 12.5. The lowest BCUT2D eigenvalue weighted by Gasteiger charge is -2.24. The summed E-state index contributed by atoms with van der Waals surface area (Å²) >= 11 is 0. The van der Waals surface area contributed by atoms with Gasteiger partial charge in [0.15, 0.2) is 0 Å². The highest BCUT2D eigenvalue weighted by Crippen LogP contribution is 2.27. The smallest absolute Gasteiger partial charge is 0.268 e. The van der Waals surface area contributed by atoms with Crippen LogP contribution < -0.4 is 0 Å². The van der Waals surface area contributed by atoms with Gasteiger partial charge in [0.05, 0.1) is 4.90 Å². The fraction of sp³-hybridized carbons (Fsp3) is 0.500. The Balaban J connectivity index is 2.21. The molecular formula is C14H19NO4S. The molecule has 20 heavy (non-hydrogen) atoms. The molecule has 0 bridgehead atoms. The predicted octanol–water partition coefficient (Wildman–Crippen LogP) is 2.14. The molecule has 6 heteroatoms. The van der Waals surface area contributed by atoms with Gasteiger partial charge in [-0.05, 0) is 18.6 Å². The molecule has 1 fully saturated rings. The zero-order valence-electron chi connectivity index (χ0n) is 11.5. The standard InChI is InChI=1S/C14H19NO4S/c1-2-3-11-19-14-10-9-13(16)15(14)20(17,18)12-7-5-4-6-8-12/h4-8,14H,2-3,9-11H2,1H3. The summed E-state index contributed by atoms with van der Waals surface area (Å²) < 4.78 is 31.5. The second-order valence-corrected chi connectivity index (χ2v) is 6.54. The first-order valence-corrected chi connectivity index (χ1v) is 8.25. The molecule has 0 N–H and O–H groups in total. The number of benzene rings is 1. The van der Waals surface area contributed by atoms with Crippen molar-refractivity contribution >= 4 is 15.9 Å². The van der Waals surface area contributed by atoms with E-state index in [1.165, 1.54) is 12.1 Å². The molecule has 1 amide bonds. The van der Waals surface area contributed by atoms with E-state index < -0.39 is 22.2 Å². The Bertz CT molecular complexity index is 556. The number of amides is 1. The summed E-state index contributed by atoms with van der Waals surface area (Å²) in [5.41, 5.74) is 0. The Morgan fingerprint density at radius 2 is 2.00 bits per heavy atom. The fourth-order valence-electron chi connectivity index (χ4n) is 2.14. The van der Waals surface area contributed by atoms with E-state index in [2.05, 4.69) is 0 Å². The molecule has 5 nitrogen and oxygen atoms in total. The third-order valence-corrected chi connectivity index (χ3v) is 5.05. The zero-order valence-corrected chi connectivity index (χ0v) is 12.3. The van der Waals surface area contributed by atoms with Gasteiger partial charge < -0.3 is 4.74 Å². The molecule has 1 aromatic rings. The van der Waals surface area contributed by atoms with Crippen molar-refractivity contribution in [1.29, 1.82) is 0 Å². The zero-order chi connectivity index (χ0) is 14.6. The van der Waals surface area contributed by atoms with Crippen LogP contribution in [0.15, 0.2) is 35.2 Å². The maximum Gasteiger partial charge on any atom is 0.268 e. The van der Waals surface area contributed by atoms with Crippen LogP contribution in [-0.2, 0) is 19.6 Å². The second kappa shape index (κ2) is 6.37. The minimum absolute atomic E-state index is 0.124. The molecule has 0 aromatic heterocycles.